The number of fused-ring (bicyclic) bond motifs is 1. The van der Waals surface area contributed by atoms with Crippen LogP contribution in [0.25, 0.3) is 33.7 Å². The Hall–Kier alpha value is -4.18. The van der Waals surface area contributed by atoms with E-state index in [4.69, 9.17) is 18.9 Å². The fourth-order valence-corrected chi connectivity index (χ4v) is 4.47. The zero-order valence-corrected chi connectivity index (χ0v) is 20.4. The molecule has 10 heteroatoms. The van der Waals surface area contributed by atoms with Gasteiger partial charge in [0.25, 0.3) is 5.91 Å². The Labute approximate surface area is 205 Å². The van der Waals surface area contributed by atoms with Crippen LogP contribution in [0.5, 0.6) is 11.5 Å². The Morgan fingerprint density at radius 1 is 1.11 bits per heavy atom. The predicted octanol–water partition coefficient (Wildman–Crippen LogP) is 5.67. The molecule has 0 bridgehead atoms. The van der Waals surface area contributed by atoms with E-state index in [1.165, 1.54) is 11.3 Å². The number of methoxy groups -OCH3 is 2. The average Bonchev–Trinajstić information content (AvgIpc) is 3.63. The highest BCUT2D eigenvalue weighted by molar-refractivity contribution is 7.14. The maximum absolute atomic E-state index is 13.4. The molecule has 0 unspecified atom stereocenters. The SMILES string of the molecule is COc1ccc(-c2csc(NC(=O)c3cc(-c4ccco4)nc4c3cnn4C(C)C)n2)c(OC)c1. The molecule has 0 aliphatic heterocycles. The van der Waals surface area contributed by atoms with Crippen LogP contribution in [-0.2, 0) is 0 Å². The predicted molar refractivity (Wildman–Crippen MR) is 134 cm³/mol. The van der Waals surface area contributed by atoms with Crippen molar-refractivity contribution in [3.05, 3.63) is 59.8 Å². The molecule has 1 N–H and O–H groups in total. The number of nitrogens with zero attached hydrogens (tertiary/aromatic N) is 4. The molecule has 178 valence electrons. The third kappa shape index (κ3) is 4.24. The maximum Gasteiger partial charge on any atom is 0.258 e. The summed E-state index contributed by atoms with van der Waals surface area (Å²) in [7, 11) is 3.19. The van der Waals surface area contributed by atoms with Gasteiger partial charge >= 0.3 is 0 Å². The van der Waals surface area contributed by atoms with Crippen molar-refractivity contribution in [1.29, 1.82) is 0 Å². The van der Waals surface area contributed by atoms with Crippen molar-refractivity contribution in [2.24, 2.45) is 0 Å². The van der Waals surface area contributed by atoms with E-state index in [9.17, 15) is 4.79 Å². The number of carbonyl (C=O) groups excluding carboxylic acids is 1. The van der Waals surface area contributed by atoms with Crippen LogP contribution in [0, 0.1) is 0 Å². The molecular formula is C25H23N5O4S. The standard InChI is InChI=1S/C25H23N5O4S/c1-14(2)30-23-18(12-26-30)17(11-19(27-23)21-6-5-9-34-21)24(31)29-25-28-20(13-35-25)16-8-7-15(32-3)10-22(16)33-4/h5-14H,1-4H3,(H,28,29,31). The summed E-state index contributed by atoms with van der Waals surface area (Å²) in [5.41, 5.74) is 3.09. The van der Waals surface area contributed by atoms with Gasteiger partial charge in [0.2, 0.25) is 0 Å². The second kappa shape index (κ2) is 9.22. The number of rotatable bonds is 7. The van der Waals surface area contributed by atoms with Gasteiger partial charge in [-0.2, -0.15) is 5.10 Å². The van der Waals surface area contributed by atoms with Gasteiger partial charge in [0.1, 0.15) is 17.2 Å². The number of thiazole rings is 1. The Kier molecular flexibility index (Phi) is 5.96. The van der Waals surface area contributed by atoms with Crippen LogP contribution in [0.15, 0.2) is 58.7 Å². The lowest BCUT2D eigenvalue weighted by molar-refractivity contribution is 0.102. The molecule has 1 aromatic carbocycles. The van der Waals surface area contributed by atoms with Crippen LogP contribution < -0.4 is 14.8 Å². The lowest BCUT2D eigenvalue weighted by atomic mass is 10.1. The molecule has 0 radical (unpaired) electrons. The topological polar surface area (TPSA) is 104 Å². The number of nitrogens with one attached hydrogen (secondary N) is 1. The van der Waals surface area contributed by atoms with Gasteiger partial charge in [-0.25, -0.2) is 14.6 Å². The summed E-state index contributed by atoms with van der Waals surface area (Å²) in [5, 5.41) is 10.4. The average molecular weight is 490 g/mol. The Balaban J connectivity index is 1.50. The number of aromatic nitrogens is 4. The van der Waals surface area contributed by atoms with E-state index in [2.05, 4.69) is 15.4 Å². The molecule has 0 fully saturated rings. The van der Waals surface area contributed by atoms with E-state index in [1.54, 1.807) is 55.6 Å². The van der Waals surface area contributed by atoms with Gasteiger partial charge in [-0.3, -0.25) is 10.1 Å². The third-order valence-electron chi connectivity index (χ3n) is 5.48. The molecule has 0 saturated carbocycles. The largest absolute Gasteiger partial charge is 0.497 e. The highest BCUT2D eigenvalue weighted by Gasteiger charge is 2.21. The van der Waals surface area contributed by atoms with Gasteiger partial charge in [0.15, 0.2) is 16.5 Å². The molecule has 0 aliphatic rings. The summed E-state index contributed by atoms with van der Waals surface area (Å²) in [6.07, 6.45) is 3.24. The van der Waals surface area contributed by atoms with Crippen molar-refractivity contribution in [1.82, 2.24) is 19.7 Å². The normalized spacial score (nSPS) is 11.2. The van der Waals surface area contributed by atoms with E-state index < -0.39 is 0 Å². The summed E-state index contributed by atoms with van der Waals surface area (Å²) < 4.78 is 18.1. The van der Waals surface area contributed by atoms with Crippen LogP contribution in [0.4, 0.5) is 5.13 Å². The minimum absolute atomic E-state index is 0.0729. The number of amides is 1. The van der Waals surface area contributed by atoms with Gasteiger partial charge < -0.3 is 13.9 Å². The minimum Gasteiger partial charge on any atom is -0.497 e. The molecule has 35 heavy (non-hydrogen) atoms. The molecule has 9 nitrogen and oxygen atoms in total. The Morgan fingerprint density at radius 3 is 2.69 bits per heavy atom. The second-order valence-corrected chi connectivity index (χ2v) is 8.87. The van der Waals surface area contributed by atoms with Crippen LogP contribution in [0.2, 0.25) is 0 Å². The number of ether oxygens (including phenoxy) is 2. The molecule has 5 rings (SSSR count). The first-order valence-electron chi connectivity index (χ1n) is 10.9. The Bertz CT molecular complexity index is 1500. The second-order valence-electron chi connectivity index (χ2n) is 8.01. The fraction of sp³-hybridized carbons (Fsp3) is 0.200. The smallest absolute Gasteiger partial charge is 0.258 e. The van der Waals surface area contributed by atoms with Crippen LogP contribution >= 0.6 is 11.3 Å². The van der Waals surface area contributed by atoms with Gasteiger partial charge in [-0.05, 0) is 44.2 Å². The summed E-state index contributed by atoms with van der Waals surface area (Å²) in [5.74, 6) is 1.58. The number of pyridine rings is 1. The third-order valence-corrected chi connectivity index (χ3v) is 6.24. The summed E-state index contributed by atoms with van der Waals surface area (Å²) in [6, 6.07) is 10.9. The molecule has 0 atom stereocenters. The molecule has 4 heterocycles. The lowest BCUT2D eigenvalue weighted by Gasteiger charge is -2.10. The van der Waals surface area contributed by atoms with Gasteiger partial charge in [0, 0.05) is 23.1 Å². The maximum atomic E-state index is 13.4. The minimum atomic E-state index is -0.309. The highest BCUT2D eigenvalue weighted by atomic mass is 32.1. The number of hydrogen-bond acceptors (Lipinski definition) is 8. The molecule has 1 amide bonds. The van der Waals surface area contributed by atoms with E-state index in [0.717, 1.165) is 5.56 Å². The zero-order valence-electron chi connectivity index (χ0n) is 19.6. The number of hydrogen-bond donors (Lipinski definition) is 1. The van der Waals surface area contributed by atoms with Gasteiger partial charge in [-0.1, -0.05) is 0 Å². The van der Waals surface area contributed by atoms with Crippen molar-refractivity contribution < 1.29 is 18.7 Å². The van der Waals surface area contributed by atoms with E-state index in [-0.39, 0.29) is 11.9 Å². The van der Waals surface area contributed by atoms with Crippen molar-refractivity contribution in [2.45, 2.75) is 19.9 Å². The van der Waals surface area contributed by atoms with Crippen molar-refractivity contribution in [2.75, 3.05) is 19.5 Å². The monoisotopic (exact) mass is 489 g/mol. The number of carbonyl (C=O) groups is 1. The first-order valence-corrected chi connectivity index (χ1v) is 11.8. The number of benzene rings is 1. The van der Waals surface area contributed by atoms with Crippen LogP contribution in [0.3, 0.4) is 0 Å². The summed E-state index contributed by atoms with van der Waals surface area (Å²) >= 11 is 1.33. The molecule has 0 spiro atoms. The number of furan rings is 1. The van der Waals surface area contributed by atoms with E-state index in [0.29, 0.717) is 50.4 Å². The molecular weight excluding hydrogens is 466 g/mol. The molecule has 5 aromatic rings. The lowest BCUT2D eigenvalue weighted by Crippen LogP contribution is -2.13. The molecule has 0 aliphatic carbocycles. The zero-order chi connectivity index (χ0) is 24.5. The Morgan fingerprint density at radius 2 is 1.97 bits per heavy atom. The highest BCUT2D eigenvalue weighted by Crippen LogP contribution is 2.35. The first-order chi connectivity index (χ1) is 17.0. The number of anilines is 1. The van der Waals surface area contributed by atoms with Gasteiger partial charge in [0.05, 0.1) is 43.3 Å². The van der Waals surface area contributed by atoms with Crippen molar-refractivity contribution in [3.63, 3.8) is 0 Å². The summed E-state index contributed by atoms with van der Waals surface area (Å²) in [6.45, 7) is 4.02. The van der Waals surface area contributed by atoms with Crippen molar-refractivity contribution >= 4 is 33.4 Å². The van der Waals surface area contributed by atoms with E-state index in [1.807, 2.05) is 31.4 Å². The first kappa shape index (κ1) is 22.6. The van der Waals surface area contributed by atoms with Gasteiger partial charge in [-0.15, -0.1) is 11.3 Å². The summed E-state index contributed by atoms with van der Waals surface area (Å²) in [4.78, 5) is 22.7. The molecule has 4 aromatic heterocycles. The van der Waals surface area contributed by atoms with Crippen LogP contribution in [0.1, 0.15) is 30.2 Å². The fourth-order valence-electron chi connectivity index (χ4n) is 3.76. The van der Waals surface area contributed by atoms with Crippen molar-refractivity contribution in [3.8, 4) is 34.2 Å². The quantitative estimate of drug-likeness (QED) is 0.314. The van der Waals surface area contributed by atoms with Crippen LogP contribution in [-0.4, -0.2) is 39.9 Å². The van der Waals surface area contributed by atoms with E-state index >= 15 is 0 Å². The molecule has 0 saturated heterocycles.